The summed E-state index contributed by atoms with van der Waals surface area (Å²) in [6.07, 6.45) is 0.602. The molecule has 0 amide bonds. The first-order chi connectivity index (χ1) is 9.19. The van der Waals surface area contributed by atoms with Gasteiger partial charge in [0.25, 0.3) is 0 Å². The number of nitrogens with zero attached hydrogens (tertiary/aromatic N) is 1. The third-order valence-corrected chi connectivity index (χ3v) is 3.23. The van der Waals surface area contributed by atoms with Gasteiger partial charge in [-0.2, -0.15) is 0 Å². The van der Waals surface area contributed by atoms with Crippen molar-refractivity contribution in [3.63, 3.8) is 0 Å². The van der Waals surface area contributed by atoms with Gasteiger partial charge in [0.2, 0.25) is 0 Å². The summed E-state index contributed by atoms with van der Waals surface area (Å²) in [7, 11) is 1.66. The molecule has 19 heavy (non-hydrogen) atoms. The zero-order chi connectivity index (χ0) is 13.7. The number of hydrogen-bond donors (Lipinski definition) is 0. The van der Waals surface area contributed by atoms with Gasteiger partial charge in [0.1, 0.15) is 6.61 Å². The van der Waals surface area contributed by atoms with Crippen molar-refractivity contribution in [2.45, 2.75) is 26.1 Å². The van der Waals surface area contributed by atoms with E-state index in [1.165, 1.54) is 0 Å². The maximum absolute atomic E-state index is 5.79. The lowest BCUT2D eigenvalue weighted by Crippen LogP contribution is -2.46. The molecule has 4 nitrogen and oxygen atoms in total. The SMILES string of the molecule is COc1ccccc1OCCN1C[C@@H](C)O[C@H](C)C1. The van der Waals surface area contributed by atoms with Crippen molar-refractivity contribution < 1.29 is 14.2 Å². The number of ether oxygens (including phenoxy) is 3. The standard InChI is InChI=1S/C15H23NO3/c1-12-10-16(11-13(2)19-12)8-9-18-15-7-5-4-6-14(15)17-3/h4-7,12-13H,8-11H2,1-3H3/t12-,13-/m1/s1. The quantitative estimate of drug-likeness (QED) is 0.816. The highest BCUT2D eigenvalue weighted by molar-refractivity contribution is 5.39. The molecule has 1 heterocycles. The zero-order valence-corrected chi connectivity index (χ0v) is 12.0. The van der Waals surface area contributed by atoms with Gasteiger partial charge in [0.05, 0.1) is 19.3 Å². The molecule has 0 saturated carbocycles. The van der Waals surface area contributed by atoms with Crippen LogP contribution in [0.4, 0.5) is 0 Å². The molecule has 1 saturated heterocycles. The van der Waals surface area contributed by atoms with Crippen LogP contribution in [0.25, 0.3) is 0 Å². The molecule has 2 rings (SSSR count). The molecule has 1 aliphatic heterocycles. The van der Waals surface area contributed by atoms with Crippen LogP contribution in [-0.4, -0.2) is 50.5 Å². The van der Waals surface area contributed by atoms with Gasteiger partial charge in [-0.3, -0.25) is 4.90 Å². The Morgan fingerprint density at radius 1 is 1.16 bits per heavy atom. The van der Waals surface area contributed by atoms with E-state index in [9.17, 15) is 0 Å². The Bertz CT molecular complexity index is 387. The lowest BCUT2D eigenvalue weighted by Gasteiger charge is -2.35. The molecule has 0 bridgehead atoms. The topological polar surface area (TPSA) is 30.9 Å². The molecule has 106 valence electrons. The second-order valence-corrected chi connectivity index (χ2v) is 5.02. The second-order valence-electron chi connectivity index (χ2n) is 5.02. The van der Waals surface area contributed by atoms with Gasteiger partial charge >= 0.3 is 0 Å². The van der Waals surface area contributed by atoms with Crippen LogP contribution in [0.2, 0.25) is 0 Å². The third kappa shape index (κ3) is 4.11. The summed E-state index contributed by atoms with van der Waals surface area (Å²) in [5, 5.41) is 0. The first kappa shape index (κ1) is 14.2. The molecule has 0 aliphatic carbocycles. The van der Waals surface area contributed by atoms with Crippen LogP contribution in [0.5, 0.6) is 11.5 Å². The fraction of sp³-hybridized carbons (Fsp3) is 0.600. The Morgan fingerprint density at radius 2 is 1.79 bits per heavy atom. The zero-order valence-electron chi connectivity index (χ0n) is 12.0. The van der Waals surface area contributed by atoms with Gasteiger partial charge in [0, 0.05) is 19.6 Å². The van der Waals surface area contributed by atoms with Crippen molar-refractivity contribution in [2.75, 3.05) is 33.4 Å². The van der Waals surface area contributed by atoms with Gasteiger partial charge < -0.3 is 14.2 Å². The van der Waals surface area contributed by atoms with Crippen molar-refractivity contribution in [1.82, 2.24) is 4.90 Å². The van der Waals surface area contributed by atoms with Crippen molar-refractivity contribution in [3.8, 4) is 11.5 Å². The molecule has 1 aromatic carbocycles. The molecular formula is C15H23NO3. The fourth-order valence-electron chi connectivity index (χ4n) is 2.49. The normalized spacial score (nSPS) is 24.2. The molecule has 1 aromatic rings. The Kier molecular flexibility index (Phi) is 5.05. The van der Waals surface area contributed by atoms with Crippen LogP contribution in [0, 0.1) is 0 Å². The molecule has 0 aromatic heterocycles. The van der Waals surface area contributed by atoms with Crippen LogP contribution in [0.1, 0.15) is 13.8 Å². The smallest absolute Gasteiger partial charge is 0.161 e. The van der Waals surface area contributed by atoms with Gasteiger partial charge in [0.15, 0.2) is 11.5 Å². The maximum Gasteiger partial charge on any atom is 0.161 e. The summed E-state index contributed by atoms with van der Waals surface area (Å²) in [5.74, 6) is 1.59. The van der Waals surface area contributed by atoms with Crippen LogP contribution >= 0.6 is 0 Å². The van der Waals surface area contributed by atoms with Crippen LogP contribution in [0.3, 0.4) is 0 Å². The number of rotatable bonds is 5. The van der Waals surface area contributed by atoms with E-state index >= 15 is 0 Å². The average Bonchev–Trinajstić information content (AvgIpc) is 2.38. The molecule has 0 radical (unpaired) electrons. The highest BCUT2D eigenvalue weighted by Crippen LogP contribution is 2.25. The summed E-state index contributed by atoms with van der Waals surface area (Å²) in [5.41, 5.74) is 0. The first-order valence-electron chi connectivity index (χ1n) is 6.82. The summed E-state index contributed by atoms with van der Waals surface area (Å²) >= 11 is 0. The highest BCUT2D eigenvalue weighted by Gasteiger charge is 2.21. The Morgan fingerprint density at radius 3 is 2.42 bits per heavy atom. The van der Waals surface area contributed by atoms with E-state index in [1.54, 1.807) is 7.11 Å². The number of para-hydroxylation sites is 2. The molecule has 0 N–H and O–H groups in total. The van der Waals surface area contributed by atoms with Gasteiger partial charge in [-0.25, -0.2) is 0 Å². The molecule has 4 heteroatoms. The Hall–Kier alpha value is -1.26. The number of morpholine rings is 1. The minimum absolute atomic E-state index is 0.301. The number of hydrogen-bond acceptors (Lipinski definition) is 4. The molecule has 1 fully saturated rings. The summed E-state index contributed by atoms with van der Waals surface area (Å²) in [6.45, 7) is 7.75. The average molecular weight is 265 g/mol. The van der Waals surface area contributed by atoms with Gasteiger partial charge in [-0.1, -0.05) is 12.1 Å². The van der Waals surface area contributed by atoms with Crippen molar-refractivity contribution in [2.24, 2.45) is 0 Å². The summed E-state index contributed by atoms with van der Waals surface area (Å²) < 4.78 is 16.8. The van der Waals surface area contributed by atoms with Gasteiger partial charge in [-0.05, 0) is 26.0 Å². The summed E-state index contributed by atoms with van der Waals surface area (Å²) in [4.78, 5) is 2.38. The minimum Gasteiger partial charge on any atom is -0.493 e. The van der Waals surface area contributed by atoms with E-state index < -0.39 is 0 Å². The largest absolute Gasteiger partial charge is 0.493 e. The van der Waals surface area contributed by atoms with E-state index in [0.717, 1.165) is 31.1 Å². The van der Waals surface area contributed by atoms with E-state index in [2.05, 4.69) is 18.7 Å². The van der Waals surface area contributed by atoms with Crippen molar-refractivity contribution >= 4 is 0 Å². The second kappa shape index (κ2) is 6.78. The monoisotopic (exact) mass is 265 g/mol. The Labute approximate surface area is 115 Å². The van der Waals surface area contributed by atoms with E-state index in [4.69, 9.17) is 14.2 Å². The van der Waals surface area contributed by atoms with E-state index in [1.807, 2.05) is 24.3 Å². The minimum atomic E-state index is 0.301. The molecule has 0 unspecified atom stereocenters. The van der Waals surface area contributed by atoms with Gasteiger partial charge in [-0.15, -0.1) is 0 Å². The first-order valence-corrected chi connectivity index (χ1v) is 6.82. The van der Waals surface area contributed by atoms with E-state index in [0.29, 0.717) is 18.8 Å². The predicted octanol–water partition coefficient (Wildman–Crippen LogP) is 2.18. The van der Waals surface area contributed by atoms with Crippen molar-refractivity contribution in [1.29, 1.82) is 0 Å². The maximum atomic E-state index is 5.79. The third-order valence-electron chi connectivity index (χ3n) is 3.23. The number of benzene rings is 1. The lowest BCUT2D eigenvalue weighted by molar-refractivity contribution is -0.0699. The predicted molar refractivity (Wildman–Crippen MR) is 74.9 cm³/mol. The summed E-state index contributed by atoms with van der Waals surface area (Å²) in [6, 6.07) is 7.74. The van der Waals surface area contributed by atoms with Crippen LogP contribution in [0.15, 0.2) is 24.3 Å². The number of methoxy groups -OCH3 is 1. The fourth-order valence-corrected chi connectivity index (χ4v) is 2.49. The molecular weight excluding hydrogens is 242 g/mol. The van der Waals surface area contributed by atoms with Crippen LogP contribution < -0.4 is 9.47 Å². The molecule has 1 aliphatic rings. The Balaban J connectivity index is 1.80. The highest BCUT2D eigenvalue weighted by atomic mass is 16.5. The molecule has 0 spiro atoms. The van der Waals surface area contributed by atoms with Crippen LogP contribution in [-0.2, 0) is 4.74 Å². The molecule has 2 atom stereocenters. The van der Waals surface area contributed by atoms with Crippen molar-refractivity contribution in [3.05, 3.63) is 24.3 Å². The lowest BCUT2D eigenvalue weighted by atomic mass is 10.2. The van der Waals surface area contributed by atoms with E-state index in [-0.39, 0.29) is 0 Å².